The summed E-state index contributed by atoms with van der Waals surface area (Å²) in [7, 11) is 0. The number of carbonyl (C=O) groups is 1. The molecule has 0 saturated carbocycles. The van der Waals surface area contributed by atoms with Gasteiger partial charge in [0.2, 0.25) is 0 Å². The molecule has 20 heavy (non-hydrogen) atoms. The van der Waals surface area contributed by atoms with E-state index in [1.54, 1.807) is 6.07 Å². The first-order valence-corrected chi connectivity index (χ1v) is 6.54. The summed E-state index contributed by atoms with van der Waals surface area (Å²) in [4.78, 5) is 16.3. The summed E-state index contributed by atoms with van der Waals surface area (Å²) in [5.41, 5.74) is 1.87. The summed E-state index contributed by atoms with van der Waals surface area (Å²) in [5.74, 6) is -0.0913. The van der Waals surface area contributed by atoms with Crippen LogP contribution in [0.4, 0.5) is 0 Å². The number of aromatic nitrogens is 2. The van der Waals surface area contributed by atoms with E-state index in [-0.39, 0.29) is 24.4 Å². The van der Waals surface area contributed by atoms with E-state index in [0.29, 0.717) is 11.3 Å². The summed E-state index contributed by atoms with van der Waals surface area (Å²) in [6.45, 7) is 3.77. The minimum atomic E-state index is -0.0913. The molecule has 2 aromatic rings. The summed E-state index contributed by atoms with van der Waals surface area (Å²) in [6.07, 6.45) is 3.26. The Bertz CT molecular complexity index is 607. The smallest absolute Gasteiger partial charge is 0.257 e. The largest absolute Gasteiger partial charge is 0.348 e. The summed E-state index contributed by atoms with van der Waals surface area (Å²) < 4.78 is 5.11. The van der Waals surface area contributed by atoms with E-state index in [1.807, 2.05) is 6.92 Å². The monoisotopic (exact) mass is 296 g/mol. The van der Waals surface area contributed by atoms with Crippen LogP contribution in [0.25, 0.3) is 11.1 Å². The normalized spacial score (nSPS) is 17.9. The third kappa shape index (κ3) is 2.76. The zero-order chi connectivity index (χ0) is 13.2. The van der Waals surface area contributed by atoms with Gasteiger partial charge in [-0.2, -0.15) is 0 Å². The average Bonchev–Trinajstić information content (AvgIpc) is 3.06. The van der Waals surface area contributed by atoms with Crippen LogP contribution >= 0.6 is 12.4 Å². The van der Waals surface area contributed by atoms with Gasteiger partial charge in [-0.3, -0.25) is 4.79 Å². The highest BCUT2D eigenvalue weighted by atomic mass is 35.5. The van der Waals surface area contributed by atoms with Crippen LogP contribution in [0.3, 0.4) is 0 Å². The zero-order valence-corrected chi connectivity index (χ0v) is 12.0. The highest BCUT2D eigenvalue weighted by Gasteiger charge is 2.19. The molecule has 1 aliphatic rings. The lowest BCUT2D eigenvalue weighted by molar-refractivity contribution is 0.0940. The van der Waals surface area contributed by atoms with E-state index in [2.05, 4.69) is 20.8 Å². The molecule has 3 heterocycles. The maximum absolute atomic E-state index is 12.1. The van der Waals surface area contributed by atoms with Gasteiger partial charge in [0.1, 0.15) is 0 Å². The van der Waals surface area contributed by atoms with Gasteiger partial charge in [0.05, 0.1) is 16.6 Å². The van der Waals surface area contributed by atoms with Crippen molar-refractivity contribution in [1.82, 2.24) is 20.8 Å². The first kappa shape index (κ1) is 14.7. The molecule has 0 aromatic carbocycles. The average molecular weight is 297 g/mol. The van der Waals surface area contributed by atoms with E-state index < -0.39 is 0 Å². The van der Waals surface area contributed by atoms with Crippen LogP contribution < -0.4 is 10.6 Å². The Morgan fingerprint density at radius 2 is 2.45 bits per heavy atom. The second kappa shape index (κ2) is 6.19. The molecule has 0 spiro atoms. The maximum Gasteiger partial charge on any atom is 0.257 e. The molecule has 0 bridgehead atoms. The molecule has 0 radical (unpaired) electrons. The Hall–Kier alpha value is -1.66. The molecule has 2 aromatic heterocycles. The van der Waals surface area contributed by atoms with Crippen molar-refractivity contribution in [2.75, 3.05) is 13.1 Å². The van der Waals surface area contributed by atoms with Crippen molar-refractivity contribution >= 4 is 29.4 Å². The van der Waals surface area contributed by atoms with Gasteiger partial charge >= 0.3 is 0 Å². The molecule has 6 nitrogen and oxygen atoms in total. The molecule has 1 fully saturated rings. The lowest BCUT2D eigenvalue weighted by Gasteiger charge is -2.10. The number of aryl methyl sites for hydroxylation is 1. The third-order valence-electron chi connectivity index (χ3n) is 3.40. The van der Waals surface area contributed by atoms with E-state index in [4.69, 9.17) is 4.52 Å². The molecule has 1 amide bonds. The van der Waals surface area contributed by atoms with Gasteiger partial charge in [0, 0.05) is 18.8 Å². The fourth-order valence-corrected chi connectivity index (χ4v) is 2.30. The van der Waals surface area contributed by atoms with Crippen LogP contribution in [0, 0.1) is 0 Å². The predicted molar refractivity (Wildman–Crippen MR) is 77.2 cm³/mol. The van der Waals surface area contributed by atoms with Crippen molar-refractivity contribution in [2.45, 2.75) is 25.8 Å². The minimum absolute atomic E-state index is 0. The first-order valence-electron chi connectivity index (χ1n) is 6.54. The summed E-state index contributed by atoms with van der Waals surface area (Å²) >= 11 is 0. The second-order valence-corrected chi connectivity index (χ2v) is 4.72. The Morgan fingerprint density at radius 3 is 3.15 bits per heavy atom. The lowest BCUT2D eigenvalue weighted by Crippen LogP contribution is -2.36. The fraction of sp³-hybridized carbons (Fsp3) is 0.462. The number of halogens is 1. The number of amides is 1. The number of hydrogen-bond donors (Lipinski definition) is 2. The Balaban J connectivity index is 0.00000147. The lowest BCUT2D eigenvalue weighted by atomic mass is 10.1. The molecule has 108 valence electrons. The van der Waals surface area contributed by atoms with Crippen LogP contribution in [-0.2, 0) is 6.42 Å². The highest BCUT2D eigenvalue weighted by molar-refractivity contribution is 5.97. The van der Waals surface area contributed by atoms with Crippen LogP contribution in [0.1, 0.15) is 29.4 Å². The van der Waals surface area contributed by atoms with Crippen LogP contribution in [-0.4, -0.2) is 35.2 Å². The molecule has 1 aliphatic heterocycles. The number of fused-ring (bicyclic) bond motifs is 1. The molecule has 1 saturated heterocycles. The van der Waals surface area contributed by atoms with Gasteiger partial charge in [-0.05, 0) is 25.5 Å². The molecule has 2 N–H and O–H groups in total. The van der Waals surface area contributed by atoms with Crippen molar-refractivity contribution in [3.8, 4) is 0 Å². The number of rotatable bonds is 3. The number of nitrogens with zero attached hydrogens (tertiary/aromatic N) is 2. The van der Waals surface area contributed by atoms with E-state index in [0.717, 1.165) is 37.0 Å². The molecule has 7 heteroatoms. The highest BCUT2D eigenvalue weighted by Crippen LogP contribution is 2.18. The summed E-state index contributed by atoms with van der Waals surface area (Å²) in [6, 6.07) is 2.01. The van der Waals surface area contributed by atoms with Gasteiger partial charge in [-0.25, -0.2) is 4.98 Å². The molecular weight excluding hydrogens is 280 g/mol. The molecular formula is C13H17ClN4O2. The molecule has 1 atom stereocenters. The van der Waals surface area contributed by atoms with Crippen LogP contribution in [0.2, 0.25) is 0 Å². The van der Waals surface area contributed by atoms with Gasteiger partial charge in [0.25, 0.3) is 11.6 Å². The fourth-order valence-electron chi connectivity index (χ4n) is 2.30. The number of nitrogens with one attached hydrogen (secondary N) is 2. The number of pyridine rings is 1. The number of hydrogen-bond acceptors (Lipinski definition) is 5. The van der Waals surface area contributed by atoms with Crippen molar-refractivity contribution in [3.05, 3.63) is 23.5 Å². The van der Waals surface area contributed by atoms with Crippen molar-refractivity contribution in [1.29, 1.82) is 0 Å². The van der Waals surface area contributed by atoms with Gasteiger partial charge < -0.3 is 15.2 Å². The second-order valence-electron chi connectivity index (χ2n) is 4.72. The standard InChI is InChI=1S/C13H16N4O2.ClH/c1-2-11-10-5-8(6-15-13(10)19-17-11)12(18)16-9-3-4-14-7-9;/h5-6,9,14H,2-4,7H2,1H3,(H,16,18);1H. The maximum atomic E-state index is 12.1. The van der Waals surface area contributed by atoms with Crippen molar-refractivity contribution in [3.63, 3.8) is 0 Å². The number of carbonyl (C=O) groups excluding carboxylic acids is 1. The Kier molecular flexibility index (Phi) is 4.57. The van der Waals surface area contributed by atoms with Gasteiger partial charge in [-0.15, -0.1) is 12.4 Å². The van der Waals surface area contributed by atoms with E-state index in [9.17, 15) is 4.79 Å². The minimum Gasteiger partial charge on any atom is -0.348 e. The van der Waals surface area contributed by atoms with Gasteiger partial charge in [-0.1, -0.05) is 12.1 Å². The quantitative estimate of drug-likeness (QED) is 0.892. The SMILES string of the molecule is CCc1noc2ncc(C(=O)NC3CCNC3)cc12.Cl. The van der Waals surface area contributed by atoms with E-state index >= 15 is 0 Å². The molecule has 1 unspecified atom stereocenters. The zero-order valence-electron chi connectivity index (χ0n) is 11.2. The van der Waals surface area contributed by atoms with Crippen molar-refractivity contribution in [2.24, 2.45) is 0 Å². The summed E-state index contributed by atoms with van der Waals surface area (Å²) in [5, 5.41) is 11.0. The molecule has 3 rings (SSSR count). The Morgan fingerprint density at radius 1 is 1.60 bits per heavy atom. The van der Waals surface area contributed by atoms with Crippen molar-refractivity contribution < 1.29 is 9.32 Å². The van der Waals surface area contributed by atoms with Crippen LogP contribution in [0.15, 0.2) is 16.8 Å². The van der Waals surface area contributed by atoms with Crippen LogP contribution in [0.5, 0.6) is 0 Å². The molecule has 0 aliphatic carbocycles. The topological polar surface area (TPSA) is 80.0 Å². The third-order valence-corrected chi connectivity index (χ3v) is 3.40. The Labute approximate surface area is 122 Å². The first-order chi connectivity index (χ1) is 9.28. The van der Waals surface area contributed by atoms with E-state index in [1.165, 1.54) is 6.20 Å². The predicted octanol–water partition coefficient (Wildman–Crippen LogP) is 1.30. The van der Waals surface area contributed by atoms with Gasteiger partial charge in [0.15, 0.2) is 0 Å².